The van der Waals surface area contributed by atoms with E-state index in [1.54, 1.807) is 19.1 Å². The van der Waals surface area contributed by atoms with E-state index >= 15 is 0 Å². The Hall–Kier alpha value is -1.91. The van der Waals surface area contributed by atoms with E-state index in [0.717, 1.165) is 12.6 Å². The van der Waals surface area contributed by atoms with E-state index < -0.39 is 11.1 Å². The molecule has 0 radical (unpaired) electrons. The van der Waals surface area contributed by atoms with Crippen molar-refractivity contribution in [3.05, 3.63) is 52.1 Å². The Labute approximate surface area is 306 Å². The predicted octanol–water partition coefficient (Wildman–Crippen LogP) is 12.9. The van der Waals surface area contributed by atoms with Gasteiger partial charge in [0.05, 0.1) is 0 Å². The van der Waals surface area contributed by atoms with Crippen LogP contribution in [-0.2, 0) is 0 Å². The molecule has 0 amide bonds. The number of hydrogen-bond donors (Lipinski definition) is 2. The molecule has 1 aliphatic carbocycles. The molecule has 7 heteroatoms. The molecule has 2 N–H and O–H groups in total. The van der Waals surface area contributed by atoms with E-state index in [0.29, 0.717) is 17.9 Å². The predicted molar refractivity (Wildman–Crippen MR) is 213 cm³/mol. The van der Waals surface area contributed by atoms with Gasteiger partial charge in [0.25, 0.3) is 0 Å². The van der Waals surface area contributed by atoms with Crippen molar-refractivity contribution in [1.29, 1.82) is 0 Å². The third kappa shape index (κ3) is 12.4. The molecule has 0 unspecified atom stereocenters. The first-order valence-electron chi connectivity index (χ1n) is 19.7. The number of aromatic hydroxyl groups is 2. The van der Waals surface area contributed by atoms with Crippen LogP contribution in [0.25, 0.3) is 0 Å². The summed E-state index contributed by atoms with van der Waals surface area (Å²) >= 11 is 4.66. The number of carbonyl (C=O) groups is 2. The number of phenols is 2. The number of fused-ring (bicyclic) bond motifs is 2. The Morgan fingerprint density at radius 1 is 0.551 bits per heavy atom. The maximum absolute atomic E-state index is 13.5. The molecule has 0 heterocycles. The number of unbranched alkanes of at least 4 members (excludes halogenated alkanes) is 15. The number of ether oxygens (including phenoxy) is 1. The molecule has 1 aliphatic rings. The zero-order valence-corrected chi connectivity index (χ0v) is 33.7. The summed E-state index contributed by atoms with van der Waals surface area (Å²) in [5, 5.41) is 19.2. The average Bonchev–Trinajstić information content (AvgIpc) is 3.06. The monoisotopic (exact) mass is 760 g/mol. The number of phenolic OH excluding ortho intramolecular Hbond substituents is 2. The number of carbonyl (C=O) groups excluding carboxylic acids is 2. The molecule has 0 aromatic heterocycles. The molecule has 2 aromatic rings. The molecular formula is C42H66BrO5P. The molecule has 2 aromatic carbocycles. The fraction of sp³-hybridized carbons (Fsp3) is 0.667. The second-order valence-electron chi connectivity index (χ2n) is 14.9. The van der Waals surface area contributed by atoms with Crippen molar-refractivity contribution in [2.75, 3.05) is 31.3 Å². The van der Waals surface area contributed by atoms with Crippen LogP contribution in [0.2, 0.25) is 0 Å². The van der Waals surface area contributed by atoms with Gasteiger partial charge in [0.15, 0.2) is 0 Å². The summed E-state index contributed by atoms with van der Waals surface area (Å²) in [7, 11) is 0. The molecule has 3 rings (SSSR count). The van der Waals surface area contributed by atoms with Gasteiger partial charge in [0, 0.05) is 0 Å². The fourth-order valence-electron chi connectivity index (χ4n) is 7.74. The van der Waals surface area contributed by atoms with Gasteiger partial charge in [-0.15, -0.1) is 0 Å². The first kappa shape index (κ1) is 41.5. The van der Waals surface area contributed by atoms with Crippen LogP contribution in [0.5, 0.6) is 17.2 Å². The van der Waals surface area contributed by atoms with Gasteiger partial charge in [-0.1, -0.05) is 0 Å². The molecule has 0 atom stereocenters. The van der Waals surface area contributed by atoms with Crippen molar-refractivity contribution in [3.63, 3.8) is 0 Å². The Morgan fingerprint density at radius 3 is 1.45 bits per heavy atom. The van der Waals surface area contributed by atoms with Crippen molar-refractivity contribution in [3.8, 4) is 17.2 Å². The van der Waals surface area contributed by atoms with Gasteiger partial charge < -0.3 is 0 Å². The van der Waals surface area contributed by atoms with Crippen LogP contribution in [0.3, 0.4) is 0 Å². The van der Waals surface area contributed by atoms with Gasteiger partial charge in [-0.2, -0.15) is 0 Å². The standard InChI is InChI=1S/C42H66BrO5P/c1-5-8-11-14-17-20-25-49(43,26-21-18-15-12-9-6-2,27-22-19-16-13-10-7-3)28-23-24-48-34-31-36-40(38(45)32-34)42(47)39-35(41(36)46)29-33(4)30-37(39)44/h29-32,44-45H,5-28H2,1-4H3. The molecule has 0 fully saturated rings. The maximum atomic E-state index is 13.5. The normalized spacial score (nSPS) is 13.6. The summed E-state index contributed by atoms with van der Waals surface area (Å²) in [6, 6.07) is 6.12. The summed E-state index contributed by atoms with van der Waals surface area (Å²) in [6.45, 7) is 9.10. The molecule has 276 valence electrons. The topological polar surface area (TPSA) is 83.8 Å². The van der Waals surface area contributed by atoms with E-state index in [4.69, 9.17) is 4.74 Å². The Balaban J connectivity index is 1.74. The molecule has 5 nitrogen and oxygen atoms in total. The number of halogens is 1. The summed E-state index contributed by atoms with van der Waals surface area (Å²) in [5.74, 6) is -1.05. The van der Waals surface area contributed by atoms with Gasteiger partial charge in [-0.05, 0) is 0 Å². The number of rotatable bonds is 26. The molecular weight excluding hydrogens is 695 g/mol. The average molecular weight is 762 g/mol. The van der Waals surface area contributed by atoms with Crippen molar-refractivity contribution in [1.82, 2.24) is 0 Å². The molecule has 49 heavy (non-hydrogen) atoms. The van der Waals surface area contributed by atoms with Crippen molar-refractivity contribution < 1.29 is 24.5 Å². The van der Waals surface area contributed by atoms with Crippen molar-refractivity contribution in [2.24, 2.45) is 0 Å². The SMILES string of the molecule is CCCCCCCCP(Br)(CCCCCCCC)(CCCCCCCC)CCCOc1cc(O)c2c(c1)C(=O)c1cc(C)cc(O)c1C2=O. The van der Waals surface area contributed by atoms with E-state index in [-0.39, 0.29) is 39.5 Å². The third-order valence-electron chi connectivity index (χ3n) is 10.6. The van der Waals surface area contributed by atoms with Crippen molar-refractivity contribution in [2.45, 2.75) is 150 Å². The minimum absolute atomic E-state index is 0.0446. The summed E-state index contributed by atoms with van der Waals surface area (Å²) in [5.41, 5.74) is 0.883. The number of hydrogen-bond acceptors (Lipinski definition) is 5. The molecule has 0 spiro atoms. The Bertz CT molecular complexity index is 1310. The second kappa shape index (κ2) is 20.8. The zero-order valence-electron chi connectivity index (χ0n) is 31.2. The second-order valence-corrected chi connectivity index (χ2v) is 26.4. The number of ketones is 2. The van der Waals surface area contributed by atoms with E-state index in [1.165, 1.54) is 146 Å². The number of aryl methyl sites for hydroxylation is 1. The summed E-state index contributed by atoms with van der Waals surface area (Å²) in [6.07, 6.45) is 29.6. The van der Waals surface area contributed by atoms with Gasteiger partial charge in [0.2, 0.25) is 0 Å². The van der Waals surface area contributed by atoms with Crippen LogP contribution < -0.4 is 4.74 Å². The first-order chi connectivity index (χ1) is 23.6. The Kier molecular flexibility index (Phi) is 17.6. The molecule has 0 bridgehead atoms. The van der Waals surface area contributed by atoms with Gasteiger partial charge >= 0.3 is 307 Å². The minimum atomic E-state index is -2.19. The summed E-state index contributed by atoms with van der Waals surface area (Å²) < 4.78 is 6.25. The fourth-order valence-corrected chi connectivity index (χ4v) is 16.1. The van der Waals surface area contributed by atoms with E-state index in [1.807, 2.05) is 0 Å². The van der Waals surface area contributed by atoms with Gasteiger partial charge in [0.1, 0.15) is 0 Å². The van der Waals surface area contributed by atoms with Crippen LogP contribution in [0, 0.1) is 6.92 Å². The van der Waals surface area contributed by atoms with Crippen LogP contribution in [-0.4, -0.2) is 53.0 Å². The zero-order chi connectivity index (χ0) is 35.7. The van der Waals surface area contributed by atoms with E-state index in [9.17, 15) is 19.8 Å². The van der Waals surface area contributed by atoms with Crippen LogP contribution >= 0.6 is 20.8 Å². The van der Waals surface area contributed by atoms with E-state index in [2.05, 4.69) is 36.3 Å². The number of benzene rings is 2. The summed E-state index contributed by atoms with van der Waals surface area (Å²) in [4.78, 5) is 26.8. The first-order valence-corrected chi connectivity index (χ1v) is 24.7. The van der Waals surface area contributed by atoms with Crippen LogP contribution in [0.1, 0.15) is 180 Å². The van der Waals surface area contributed by atoms with Crippen LogP contribution in [0.4, 0.5) is 0 Å². The van der Waals surface area contributed by atoms with Crippen molar-refractivity contribution >= 4 is 32.4 Å². The Morgan fingerprint density at radius 2 is 0.959 bits per heavy atom. The molecule has 0 saturated carbocycles. The molecule has 0 saturated heterocycles. The van der Waals surface area contributed by atoms with Gasteiger partial charge in [-0.3, -0.25) is 0 Å². The van der Waals surface area contributed by atoms with Crippen LogP contribution in [0.15, 0.2) is 24.3 Å². The molecule has 0 aliphatic heterocycles. The quantitative estimate of drug-likeness (QED) is 0.0629. The van der Waals surface area contributed by atoms with Gasteiger partial charge in [-0.25, -0.2) is 0 Å². The third-order valence-corrected chi connectivity index (χ3v) is 20.6.